The van der Waals surface area contributed by atoms with Gasteiger partial charge in [-0.25, -0.2) is 9.78 Å². The summed E-state index contributed by atoms with van der Waals surface area (Å²) in [7, 11) is 0. The van der Waals surface area contributed by atoms with Gasteiger partial charge in [0, 0.05) is 10.8 Å². The van der Waals surface area contributed by atoms with Crippen LogP contribution in [0.25, 0.3) is 21.8 Å². The van der Waals surface area contributed by atoms with E-state index in [1.165, 1.54) is 0 Å². The minimum Gasteiger partial charge on any atom is -0.444 e. The molecule has 0 aliphatic heterocycles. The lowest BCUT2D eigenvalue weighted by Gasteiger charge is -2.19. The van der Waals surface area contributed by atoms with E-state index in [0.29, 0.717) is 17.0 Å². The molecule has 2 aromatic heterocycles. The average Bonchev–Trinajstić information content (AvgIpc) is 2.44. The summed E-state index contributed by atoms with van der Waals surface area (Å²) >= 11 is 0. The van der Waals surface area contributed by atoms with Gasteiger partial charge in [0.15, 0.2) is 5.82 Å². The summed E-state index contributed by atoms with van der Waals surface area (Å²) in [5.41, 5.74) is 8.52. The van der Waals surface area contributed by atoms with Crippen molar-refractivity contribution in [2.75, 3.05) is 11.1 Å². The number of amides is 1. The Morgan fingerprint density at radius 1 is 1.21 bits per heavy atom. The molecule has 0 aliphatic rings. The average molecular weight is 324 g/mol. The van der Waals surface area contributed by atoms with Crippen molar-refractivity contribution in [3.63, 3.8) is 0 Å². The van der Waals surface area contributed by atoms with Gasteiger partial charge in [0.05, 0.1) is 17.4 Å². The molecule has 0 aliphatic carbocycles. The van der Waals surface area contributed by atoms with Crippen LogP contribution in [0.4, 0.5) is 16.3 Å². The van der Waals surface area contributed by atoms with Crippen LogP contribution in [-0.2, 0) is 4.74 Å². The monoisotopic (exact) mass is 324 g/mol. The number of carbonyl (C=O) groups excluding carboxylic acids is 1. The van der Waals surface area contributed by atoms with Crippen LogP contribution in [0.3, 0.4) is 0 Å². The molecule has 1 aromatic carbocycles. The molecular weight excluding hydrogens is 304 g/mol. The van der Waals surface area contributed by atoms with Gasteiger partial charge in [-0.3, -0.25) is 10.3 Å². The SMILES string of the molecule is Cc1ccc2c(c1)nc(N)c1ncc(NC(=O)OC(C)(C)C)cc12. The fourth-order valence-electron chi connectivity index (χ4n) is 2.51. The third-order valence-electron chi connectivity index (χ3n) is 3.46. The molecule has 0 radical (unpaired) electrons. The Hall–Kier alpha value is -2.89. The number of nitrogens with zero attached hydrogens (tertiary/aromatic N) is 2. The molecule has 3 N–H and O–H groups in total. The standard InChI is InChI=1S/C18H20N4O2/c1-10-5-6-12-13-8-11(21-17(23)24-18(2,3)4)9-20-15(13)16(19)22-14(12)7-10/h5-9H,1-4H3,(H2,19,22)(H,21,23). The highest BCUT2D eigenvalue weighted by Gasteiger charge is 2.17. The Morgan fingerprint density at radius 2 is 1.96 bits per heavy atom. The van der Waals surface area contributed by atoms with E-state index in [4.69, 9.17) is 10.5 Å². The van der Waals surface area contributed by atoms with Crippen LogP contribution in [0.5, 0.6) is 0 Å². The second-order valence-electron chi connectivity index (χ2n) is 6.76. The Balaban J connectivity index is 2.06. The van der Waals surface area contributed by atoms with Crippen molar-refractivity contribution in [2.24, 2.45) is 0 Å². The molecule has 124 valence electrons. The lowest BCUT2D eigenvalue weighted by molar-refractivity contribution is 0.0636. The summed E-state index contributed by atoms with van der Waals surface area (Å²) in [6.07, 6.45) is 1.02. The zero-order valence-electron chi connectivity index (χ0n) is 14.2. The van der Waals surface area contributed by atoms with Gasteiger partial charge in [-0.05, 0) is 45.4 Å². The molecule has 0 bridgehead atoms. The number of nitrogens with two attached hydrogens (primary N) is 1. The third kappa shape index (κ3) is 3.22. The van der Waals surface area contributed by atoms with Crippen LogP contribution in [0.2, 0.25) is 0 Å². The van der Waals surface area contributed by atoms with Crippen LogP contribution in [-0.4, -0.2) is 21.7 Å². The number of anilines is 2. The first-order chi connectivity index (χ1) is 11.2. The van der Waals surface area contributed by atoms with Crippen molar-refractivity contribution in [3.05, 3.63) is 36.0 Å². The number of nitrogens with one attached hydrogen (secondary N) is 1. The second kappa shape index (κ2) is 5.63. The van der Waals surface area contributed by atoms with E-state index < -0.39 is 11.7 Å². The first-order valence-electron chi connectivity index (χ1n) is 7.68. The maximum atomic E-state index is 11.9. The summed E-state index contributed by atoms with van der Waals surface area (Å²) in [6, 6.07) is 7.80. The number of hydrogen-bond donors (Lipinski definition) is 2. The first-order valence-corrected chi connectivity index (χ1v) is 7.68. The smallest absolute Gasteiger partial charge is 0.412 e. The Labute approximate surface area is 140 Å². The summed E-state index contributed by atoms with van der Waals surface area (Å²) in [6.45, 7) is 7.44. The number of benzene rings is 1. The number of ether oxygens (including phenoxy) is 1. The number of pyridine rings is 2. The van der Waals surface area contributed by atoms with Gasteiger partial charge < -0.3 is 10.5 Å². The van der Waals surface area contributed by atoms with E-state index in [1.54, 1.807) is 6.20 Å². The van der Waals surface area contributed by atoms with Crippen LogP contribution < -0.4 is 11.1 Å². The zero-order valence-corrected chi connectivity index (χ0v) is 14.2. The molecule has 0 unspecified atom stereocenters. The van der Waals surface area contributed by atoms with E-state index in [0.717, 1.165) is 21.9 Å². The van der Waals surface area contributed by atoms with E-state index >= 15 is 0 Å². The normalized spacial score (nSPS) is 11.7. The van der Waals surface area contributed by atoms with Gasteiger partial charge in [0.1, 0.15) is 11.1 Å². The Morgan fingerprint density at radius 3 is 2.67 bits per heavy atom. The molecule has 0 saturated carbocycles. The summed E-state index contributed by atoms with van der Waals surface area (Å²) in [5, 5.41) is 4.48. The van der Waals surface area contributed by atoms with Crippen molar-refractivity contribution < 1.29 is 9.53 Å². The molecule has 1 amide bonds. The highest BCUT2D eigenvalue weighted by atomic mass is 16.6. The molecule has 6 nitrogen and oxygen atoms in total. The molecule has 2 heterocycles. The number of fused-ring (bicyclic) bond motifs is 3. The summed E-state index contributed by atoms with van der Waals surface area (Å²) < 4.78 is 5.27. The van der Waals surface area contributed by atoms with E-state index in [9.17, 15) is 4.79 Å². The lowest BCUT2D eigenvalue weighted by Crippen LogP contribution is -2.27. The lowest BCUT2D eigenvalue weighted by atomic mass is 10.1. The Bertz CT molecular complexity index is 945. The highest BCUT2D eigenvalue weighted by Crippen LogP contribution is 2.29. The van der Waals surface area contributed by atoms with Gasteiger partial charge in [0.25, 0.3) is 0 Å². The zero-order chi connectivity index (χ0) is 17.5. The molecule has 0 atom stereocenters. The van der Waals surface area contributed by atoms with E-state index in [-0.39, 0.29) is 0 Å². The Kier molecular flexibility index (Phi) is 3.75. The van der Waals surface area contributed by atoms with Crippen molar-refractivity contribution in [2.45, 2.75) is 33.3 Å². The van der Waals surface area contributed by atoms with Crippen molar-refractivity contribution in [1.29, 1.82) is 0 Å². The van der Waals surface area contributed by atoms with Gasteiger partial charge in [-0.15, -0.1) is 0 Å². The molecule has 3 aromatic rings. The van der Waals surface area contributed by atoms with Crippen LogP contribution in [0.1, 0.15) is 26.3 Å². The molecular formula is C18H20N4O2. The maximum Gasteiger partial charge on any atom is 0.412 e. The van der Waals surface area contributed by atoms with Gasteiger partial charge in [0.2, 0.25) is 0 Å². The van der Waals surface area contributed by atoms with Crippen molar-refractivity contribution >= 4 is 39.4 Å². The van der Waals surface area contributed by atoms with Gasteiger partial charge >= 0.3 is 6.09 Å². The number of nitrogen functional groups attached to an aromatic ring is 1. The molecule has 6 heteroatoms. The minimum atomic E-state index is -0.563. The molecule has 0 saturated heterocycles. The van der Waals surface area contributed by atoms with E-state index in [1.807, 2.05) is 52.0 Å². The largest absolute Gasteiger partial charge is 0.444 e. The van der Waals surface area contributed by atoms with E-state index in [2.05, 4.69) is 15.3 Å². The predicted molar refractivity (Wildman–Crippen MR) is 96.1 cm³/mol. The summed E-state index contributed by atoms with van der Waals surface area (Å²) in [5.74, 6) is 0.368. The van der Waals surface area contributed by atoms with Gasteiger partial charge in [-0.2, -0.15) is 0 Å². The first kappa shape index (κ1) is 16.0. The van der Waals surface area contributed by atoms with Crippen molar-refractivity contribution in [3.8, 4) is 0 Å². The number of rotatable bonds is 1. The summed E-state index contributed by atoms with van der Waals surface area (Å²) in [4.78, 5) is 20.7. The topological polar surface area (TPSA) is 90.1 Å². The second-order valence-corrected chi connectivity index (χ2v) is 6.76. The third-order valence-corrected chi connectivity index (χ3v) is 3.46. The van der Waals surface area contributed by atoms with Crippen LogP contribution in [0, 0.1) is 6.92 Å². The highest BCUT2D eigenvalue weighted by molar-refractivity contribution is 6.09. The quantitative estimate of drug-likeness (QED) is 0.660. The van der Waals surface area contributed by atoms with Crippen LogP contribution in [0.15, 0.2) is 30.5 Å². The maximum absolute atomic E-state index is 11.9. The number of aromatic nitrogens is 2. The fraction of sp³-hybridized carbons (Fsp3) is 0.278. The molecule has 0 fully saturated rings. The number of carbonyl (C=O) groups is 1. The molecule has 0 spiro atoms. The molecule has 3 rings (SSSR count). The fourth-order valence-corrected chi connectivity index (χ4v) is 2.51. The van der Waals surface area contributed by atoms with Crippen molar-refractivity contribution in [1.82, 2.24) is 9.97 Å². The predicted octanol–water partition coefficient (Wildman–Crippen LogP) is 4.02. The van der Waals surface area contributed by atoms with Crippen LogP contribution >= 0.6 is 0 Å². The number of hydrogen-bond acceptors (Lipinski definition) is 5. The minimum absolute atomic E-state index is 0.368. The molecule has 24 heavy (non-hydrogen) atoms. The van der Waals surface area contributed by atoms with Gasteiger partial charge in [-0.1, -0.05) is 12.1 Å². The number of aryl methyl sites for hydroxylation is 1.